The number of nitrogens with one attached hydrogen (secondary N) is 2. The molecular weight excluding hydrogens is 333 g/mol. The van der Waals surface area contributed by atoms with Crippen LogP contribution in [0.3, 0.4) is 0 Å². The SMILES string of the molecule is CC[C@H]1CNCc2cnn3ccc(nc23)N[C@H](C)c2cc(F)ccc2O1. The number of aromatic nitrogens is 3. The normalized spacial score (nSPS) is 20.4. The Labute approximate surface area is 151 Å². The van der Waals surface area contributed by atoms with Gasteiger partial charge in [0.25, 0.3) is 0 Å². The van der Waals surface area contributed by atoms with Crippen molar-refractivity contribution in [2.75, 3.05) is 11.9 Å². The Morgan fingerprint density at radius 1 is 1.35 bits per heavy atom. The molecule has 1 aromatic carbocycles. The summed E-state index contributed by atoms with van der Waals surface area (Å²) in [5.74, 6) is 1.13. The molecule has 2 N–H and O–H groups in total. The van der Waals surface area contributed by atoms with E-state index in [1.54, 1.807) is 10.6 Å². The summed E-state index contributed by atoms with van der Waals surface area (Å²) in [6.07, 6.45) is 4.54. The molecule has 0 amide bonds. The van der Waals surface area contributed by atoms with Crippen LogP contribution < -0.4 is 15.4 Å². The first-order valence-corrected chi connectivity index (χ1v) is 8.90. The number of anilines is 1. The maximum Gasteiger partial charge on any atom is 0.161 e. The zero-order valence-electron chi connectivity index (χ0n) is 14.9. The first-order valence-electron chi connectivity index (χ1n) is 8.90. The number of benzene rings is 1. The standard InChI is InChI=1S/C19H22FN5O/c1-3-15-11-21-9-13-10-22-25-7-6-18(24-19(13)25)23-12(2)16-8-14(20)4-5-17(16)26-15/h4-8,10,12,15,21H,3,9,11H2,1-2H3,(H,23,24)/t12-,15+/m1/s1. The molecule has 1 aliphatic rings. The van der Waals surface area contributed by atoms with Gasteiger partial charge in [-0.2, -0.15) is 5.10 Å². The molecule has 0 spiro atoms. The molecule has 1 aliphatic heterocycles. The highest BCUT2D eigenvalue weighted by atomic mass is 19.1. The van der Waals surface area contributed by atoms with Crippen LogP contribution in [0.2, 0.25) is 0 Å². The predicted molar refractivity (Wildman–Crippen MR) is 97.8 cm³/mol. The third-order valence-corrected chi connectivity index (χ3v) is 4.68. The average Bonchev–Trinajstić information content (AvgIpc) is 3.03. The lowest BCUT2D eigenvalue weighted by Crippen LogP contribution is -2.31. The summed E-state index contributed by atoms with van der Waals surface area (Å²) < 4.78 is 21.8. The summed E-state index contributed by atoms with van der Waals surface area (Å²) >= 11 is 0. The number of rotatable bonds is 1. The minimum absolute atomic E-state index is 0.00528. The molecule has 6 nitrogen and oxygen atoms in total. The van der Waals surface area contributed by atoms with E-state index in [-0.39, 0.29) is 18.0 Å². The Balaban J connectivity index is 1.78. The fourth-order valence-electron chi connectivity index (χ4n) is 3.20. The van der Waals surface area contributed by atoms with Crippen LogP contribution in [0.5, 0.6) is 5.75 Å². The molecule has 4 rings (SSSR count). The number of halogens is 1. The molecule has 26 heavy (non-hydrogen) atoms. The Bertz CT molecular complexity index is 925. The van der Waals surface area contributed by atoms with Crippen LogP contribution in [0.15, 0.2) is 36.7 Å². The van der Waals surface area contributed by atoms with Crippen molar-refractivity contribution in [2.24, 2.45) is 0 Å². The van der Waals surface area contributed by atoms with Crippen molar-refractivity contribution in [1.29, 1.82) is 0 Å². The molecule has 0 saturated carbocycles. The van der Waals surface area contributed by atoms with Crippen molar-refractivity contribution in [3.63, 3.8) is 0 Å². The number of hydrogen-bond donors (Lipinski definition) is 2. The third-order valence-electron chi connectivity index (χ3n) is 4.68. The van der Waals surface area contributed by atoms with E-state index in [0.717, 1.165) is 23.2 Å². The summed E-state index contributed by atoms with van der Waals surface area (Å²) in [7, 11) is 0. The topological polar surface area (TPSA) is 63.5 Å². The molecule has 0 saturated heterocycles. The van der Waals surface area contributed by atoms with E-state index in [1.165, 1.54) is 12.1 Å². The number of hydrogen-bond acceptors (Lipinski definition) is 5. The van der Waals surface area contributed by atoms with Gasteiger partial charge in [0.1, 0.15) is 23.5 Å². The number of ether oxygens (including phenoxy) is 1. The molecule has 2 aromatic heterocycles. The van der Waals surface area contributed by atoms with E-state index >= 15 is 0 Å². The van der Waals surface area contributed by atoms with E-state index < -0.39 is 0 Å². The van der Waals surface area contributed by atoms with Gasteiger partial charge < -0.3 is 15.4 Å². The quantitative estimate of drug-likeness (QED) is 0.701. The monoisotopic (exact) mass is 355 g/mol. The molecule has 7 heteroatoms. The molecule has 0 unspecified atom stereocenters. The smallest absolute Gasteiger partial charge is 0.161 e. The zero-order valence-corrected chi connectivity index (χ0v) is 14.9. The minimum atomic E-state index is -0.280. The lowest BCUT2D eigenvalue weighted by atomic mass is 10.1. The second-order valence-corrected chi connectivity index (χ2v) is 6.58. The average molecular weight is 355 g/mol. The molecule has 0 aliphatic carbocycles. The Hall–Kier alpha value is -2.67. The highest BCUT2D eigenvalue weighted by molar-refractivity contribution is 5.53. The maximum atomic E-state index is 13.9. The second kappa shape index (κ2) is 6.92. The molecule has 3 aromatic rings. The van der Waals surface area contributed by atoms with E-state index in [1.807, 2.05) is 25.4 Å². The van der Waals surface area contributed by atoms with Crippen LogP contribution in [0.1, 0.15) is 37.4 Å². The molecule has 0 fully saturated rings. The Morgan fingerprint density at radius 2 is 2.23 bits per heavy atom. The van der Waals surface area contributed by atoms with Crippen LogP contribution in [0.4, 0.5) is 10.2 Å². The Morgan fingerprint density at radius 3 is 3.08 bits per heavy atom. The molecule has 2 bridgehead atoms. The highest BCUT2D eigenvalue weighted by Crippen LogP contribution is 2.30. The van der Waals surface area contributed by atoms with Gasteiger partial charge in [0, 0.05) is 30.4 Å². The van der Waals surface area contributed by atoms with E-state index in [0.29, 0.717) is 24.7 Å². The van der Waals surface area contributed by atoms with Crippen LogP contribution in [0.25, 0.3) is 5.65 Å². The molecular formula is C19H22FN5O. The fraction of sp³-hybridized carbons (Fsp3) is 0.368. The highest BCUT2D eigenvalue weighted by Gasteiger charge is 2.18. The van der Waals surface area contributed by atoms with Crippen molar-refractivity contribution in [3.05, 3.63) is 53.6 Å². The van der Waals surface area contributed by atoms with Crippen LogP contribution >= 0.6 is 0 Å². The summed E-state index contributed by atoms with van der Waals surface area (Å²) in [6, 6.07) is 6.37. The van der Waals surface area contributed by atoms with Gasteiger partial charge in [0.05, 0.1) is 12.2 Å². The van der Waals surface area contributed by atoms with Gasteiger partial charge in [-0.15, -0.1) is 0 Å². The van der Waals surface area contributed by atoms with Crippen LogP contribution in [-0.2, 0) is 6.54 Å². The molecule has 2 atom stereocenters. The lowest BCUT2D eigenvalue weighted by molar-refractivity contribution is 0.190. The largest absolute Gasteiger partial charge is 0.489 e. The van der Waals surface area contributed by atoms with Crippen molar-refractivity contribution >= 4 is 11.5 Å². The van der Waals surface area contributed by atoms with Crippen molar-refractivity contribution in [2.45, 2.75) is 39.0 Å². The second-order valence-electron chi connectivity index (χ2n) is 6.58. The minimum Gasteiger partial charge on any atom is -0.489 e. The maximum absolute atomic E-state index is 13.9. The van der Waals surface area contributed by atoms with Gasteiger partial charge >= 0.3 is 0 Å². The summed E-state index contributed by atoms with van der Waals surface area (Å²) in [5.41, 5.74) is 2.61. The van der Waals surface area contributed by atoms with Crippen molar-refractivity contribution in [1.82, 2.24) is 19.9 Å². The summed E-state index contributed by atoms with van der Waals surface area (Å²) in [5, 5.41) is 11.1. The van der Waals surface area contributed by atoms with Gasteiger partial charge in [-0.25, -0.2) is 13.9 Å². The fourth-order valence-corrected chi connectivity index (χ4v) is 3.20. The summed E-state index contributed by atoms with van der Waals surface area (Å²) in [4.78, 5) is 4.68. The number of fused-ring (bicyclic) bond motifs is 2. The van der Waals surface area contributed by atoms with Gasteiger partial charge in [-0.1, -0.05) is 6.92 Å². The summed E-state index contributed by atoms with van der Waals surface area (Å²) in [6.45, 7) is 5.40. The van der Waals surface area contributed by atoms with E-state index in [4.69, 9.17) is 4.74 Å². The predicted octanol–water partition coefficient (Wildman–Crippen LogP) is 3.30. The van der Waals surface area contributed by atoms with Gasteiger partial charge in [0.15, 0.2) is 5.65 Å². The van der Waals surface area contributed by atoms with Gasteiger partial charge in [-0.3, -0.25) is 0 Å². The Kier molecular flexibility index (Phi) is 4.46. The molecule has 0 radical (unpaired) electrons. The van der Waals surface area contributed by atoms with Crippen molar-refractivity contribution in [3.8, 4) is 5.75 Å². The number of nitrogens with zero attached hydrogens (tertiary/aromatic N) is 3. The lowest BCUT2D eigenvalue weighted by Gasteiger charge is -2.23. The third kappa shape index (κ3) is 3.22. The van der Waals surface area contributed by atoms with Crippen LogP contribution in [0, 0.1) is 5.82 Å². The van der Waals surface area contributed by atoms with E-state index in [2.05, 4.69) is 27.6 Å². The molecule has 3 heterocycles. The van der Waals surface area contributed by atoms with Gasteiger partial charge in [0.2, 0.25) is 0 Å². The first kappa shape index (κ1) is 16.8. The van der Waals surface area contributed by atoms with Crippen LogP contribution in [-0.4, -0.2) is 27.2 Å². The first-order chi connectivity index (χ1) is 12.6. The van der Waals surface area contributed by atoms with E-state index in [9.17, 15) is 4.39 Å². The van der Waals surface area contributed by atoms with Crippen molar-refractivity contribution < 1.29 is 9.13 Å². The zero-order chi connectivity index (χ0) is 18.1. The molecule has 136 valence electrons. The van der Waals surface area contributed by atoms with Gasteiger partial charge in [-0.05, 0) is 37.6 Å².